The van der Waals surface area contributed by atoms with Crippen molar-refractivity contribution < 1.29 is 9.90 Å². The third-order valence-electron chi connectivity index (χ3n) is 6.02. The lowest BCUT2D eigenvalue weighted by Crippen LogP contribution is -2.44. The summed E-state index contributed by atoms with van der Waals surface area (Å²) >= 11 is 0. The Labute approximate surface area is 119 Å². The van der Waals surface area contributed by atoms with Crippen molar-refractivity contribution in [1.29, 1.82) is 0 Å². The van der Waals surface area contributed by atoms with Gasteiger partial charge >= 0.3 is 5.97 Å². The number of aromatic carboxylic acids is 1. The molecular formula is C16H22N2O2. The molecule has 4 bridgehead atoms. The molecule has 4 nitrogen and oxygen atoms in total. The summed E-state index contributed by atoms with van der Waals surface area (Å²) in [5.41, 5.74) is 2.15. The number of aromatic nitrogens is 2. The molecule has 1 N–H and O–H groups in total. The Kier molecular flexibility index (Phi) is 2.54. The molecule has 0 saturated heterocycles. The van der Waals surface area contributed by atoms with Crippen molar-refractivity contribution in [2.75, 3.05) is 0 Å². The van der Waals surface area contributed by atoms with E-state index in [0.29, 0.717) is 29.0 Å². The first-order valence-corrected chi connectivity index (χ1v) is 7.81. The number of aryl methyl sites for hydroxylation is 2. The van der Waals surface area contributed by atoms with E-state index in [4.69, 9.17) is 0 Å². The van der Waals surface area contributed by atoms with Gasteiger partial charge in [0.15, 0.2) is 0 Å². The predicted molar refractivity (Wildman–Crippen MR) is 74.7 cm³/mol. The number of carboxylic acid groups (broad SMARTS) is 1. The highest BCUT2D eigenvalue weighted by molar-refractivity contribution is 5.90. The van der Waals surface area contributed by atoms with Crippen LogP contribution in [0.1, 0.15) is 59.8 Å². The number of nitrogens with zero attached hydrogens (tertiary/aromatic N) is 2. The molecule has 4 fully saturated rings. The lowest BCUT2D eigenvalue weighted by molar-refractivity contribution is -0.00571. The SMILES string of the molecule is Cc1nn(C)c(C2C3CC4CC(C3)CC2C4)c1C(=O)O. The van der Waals surface area contributed by atoms with Gasteiger partial charge in [-0.1, -0.05) is 0 Å². The maximum atomic E-state index is 11.6. The summed E-state index contributed by atoms with van der Waals surface area (Å²) in [6.07, 6.45) is 6.65. The van der Waals surface area contributed by atoms with Crippen LogP contribution in [-0.2, 0) is 7.05 Å². The van der Waals surface area contributed by atoms with Crippen LogP contribution in [0.4, 0.5) is 0 Å². The molecule has 4 aliphatic rings. The number of hydrogen-bond acceptors (Lipinski definition) is 2. The fourth-order valence-corrected chi connectivity index (χ4v) is 5.69. The van der Waals surface area contributed by atoms with Crippen molar-refractivity contribution in [3.63, 3.8) is 0 Å². The zero-order valence-corrected chi connectivity index (χ0v) is 12.2. The molecule has 0 atom stereocenters. The van der Waals surface area contributed by atoms with Gasteiger partial charge < -0.3 is 5.11 Å². The van der Waals surface area contributed by atoms with Crippen LogP contribution in [0, 0.1) is 30.6 Å². The maximum Gasteiger partial charge on any atom is 0.339 e. The van der Waals surface area contributed by atoms with Gasteiger partial charge in [-0.15, -0.1) is 0 Å². The zero-order valence-electron chi connectivity index (χ0n) is 12.2. The molecule has 0 spiro atoms. The monoisotopic (exact) mass is 274 g/mol. The standard InChI is InChI=1S/C16H22N2O2/c1-8-13(16(19)20)15(18(2)17-8)14-11-4-9-3-10(6-11)7-12(14)5-9/h9-12,14H,3-7H2,1-2H3,(H,19,20). The van der Waals surface area contributed by atoms with Crippen LogP contribution in [0.15, 0.2) is 0 Å². The number of hydrogen-bond donors (Lipinski definition) is 1. The van der Waals surface area contributed by atoms with E-state index < -0.39 is 5.97 Å². The molecule has 108 valence electrons. The van der Waals surface area contributed by atoms with Gasteiger partial charge in [0.05, 0.1) is 11.4 Å². The Morgan fingerprint density at radius 2 is 1.70 bits per heavy atom. The second kappa shape index (κ2) is 4.09. The van der Waals surface area contributed by atoms with E-state index in [2.05, 4.69) is 5.10 Å². The molecule has 4 saturated carbocycles. The van der Waals surface area contributed by atoms with E-state index in [-0.39, 0.29) is 0 Å². The van der Waals surface area contributed by atoms with Gasteiger partial charge in [0.25, 0.3) is 0 Å². The Hall–Kier alpha value is -1.32. The summed E-state index contributed by atoms with van der Waals surface area (Å²) in [6, 6.07) is 0. The first kappa shape index (κ1) is 12.4. The zero-order chi connectivity index (χ0) is 14.0. The molecule has 5 rings (SSSR count). The molecule has 4 heteroatoms. The van der Waals surface area contributed by atoms with Crippen LogP contribution >= 0.6 is 0 Å². The van der Waals surface area contributed by atoms with Crippen molar-refractivity contribution in [3.8, 4) is 0 Å². The lowest BCUT2D eigenvalue weighted by Gasteiger charge is -2.54. The Balaban J connectivity index is 1.80. The minimum atomic E-state index is -0.806. The van der Waals surface area contributed by atoms with E-state index in [1.54, 1.807) is 0 Å². The minimum absolute atomic E-state index is 0.431. The quantitative estimate of drug-likeness (QED) is 0.902. The summed E-state index contributed by atoms with van der Waals surface area (Å²) < 4.78 is 1.85. The summed E-state index contributed by atoms with van der Waals surface area (Å²) in [5, 5.41) is 14.0. The average Bonchev–Trinajstić information content (AvgIpc) is 2.63. The van der Waals surface area contributed by atoms with Crippen molar-refractivity contribution in [1.82, 2.24) is 9.78 Å². The van der Waals surface area contributed by atoms with Crippen molar-refractivity contribution in [2.24, 2.45) is 30.7 Å². The topological polar surface area (TPSA) is 55.1 Å². The minimum Gasteiger partial charge on any atom is -0.478 e. The van der Waals surface area contributed by atoms with Gasteiger partial charge in [-0.25, -0.2) is 4.79 Å². The van der Waals surface area contributed by atoms with Gasteiger partial charge in [0.2, 0.25) is 0 Å². The normalized spacial score (nSPS) is 38.4. The highest BCUT2D eigenvalue weighted by Gasteiger charge is 2.50. The fraction of sp³-hybridized carbons (Fsp3) is 0.750. The molecule has 0 unspecified atom stereocenters. The smallest absolute Gasteiger partial charge is 0.339 e. The summed E-state index contributed by atoms with van der Waals surface area (Å²) in [4.78, 5) is 11.6. The van der Waals surface area contributed by atoms with Crippen LogP contribution in [-0.4, -0.2) is 20.9 Å². The molecule has 0 aromatic carbocycles. The van der Waals surface area contributed by atoms with Crippen LogP contribution < -0.4 is 0 Å². The maximum absolute atomic E-state index is 11.6. The van der Waals surface area contributed by atoms with Gasteiger partial charge in [0.1, 0.15) is 5.56 Å². The predicted octanol–water partition coefficient (Wildman–Crippen LogP) is 2.97. The van der Waals surface area contributed by atoms with E-state index in [1.807, 2.05) is 18.7 Å². The second-order valence-electron chi connectivity index (χ2n) is 7.23. The summed E-state index contributed by atoms with van der Waals surface area (Å²) in [7, 11) is 1.92. The third kappa shape index (κ3) is 1.60. The fourth-order valence-electron chi connectivity index (χ4n) is 5.69. The van der Waals surface area contributed by atoms with E-state index >= 15 is 0 Å². The molecule has 20 heavy (non-hydrogen) atoms. The van der Waals surface area contributed by atoms with Crippen molar-refractivity contribution in [2.45, 2.75) is 44.9 Å². The molecule has 0 aliphatic heterocycles. The molecular weight excluding hydrogens is 252 g/mol. The summed E-state index contributed by atoms with van der Waals surface area (Å²) in [5.74, 6) is 2.84. The Morgan fingerprint density at radius 3 is 2.20 bits per heavy atom. The van der Waals surface area contributed by atoms with Gasteiger partial charge in [0, 0.05) is 13.0 Å². The Bertz CT molecular complexity index is 547. The highest BCUT2D eigenvalue weighted by atomic mass is 16.4. The first-order chi connectivity index (χ1) is 9.54. The number of rotatable bonds is 2. The van der Waals surface area contributed by atoms with Crippen molar-refractivity contribution >= 4 is 5.97 Å². The van der Waals surface area contributed by atoms with E-state index in [0.717, 1.165) is 17.5 Å². The molecule has 0 amide bonds. The van der Waals surface area contributed by atoms with Crippen LogP contribution in [0.2, 0.25) is 0 Å². The molecule has 1 aromatic rings. The number of carboxylic acids is 1. The number of carbonyl (C=O) groups is 1. The average molecular weight is 274 g/mol. The lowest BCUT2D eigenvalue weighted by atomic mass is 9.51. The molecule has 1 heterocycles. The second-order valence-corrected chi connectivity index (χ2v) is 7.23. The molecule has 4 aliphatic carbocycles. The summed E-state index contributed by atoms with van der Waals surface area (Å²) in [6.45, 7) is 1.82. The molecule has 0 radical (unpaired) electrons. The van der Waals surface area contributed by atoms with Gasteiger partial charge in [-0.05, 0) is 62.7 Å². The third-order valence-corrected chi connectivity index (χ3v) is 6.02. The Morgan fingerprint density at radius 1 is 1.15 bits per heavy atom. The van der Waals surface area contributed by atoms with Crippen LogP contribution in [0.5, 0.6) is 0 Å². The van der Waals surface area contributed by atoms with E-state index in [9.17, 15) is 9.90 Å². The van der Waals surface area contributed by atoms with Crippen LogP contribution in [0.3, 0.4) is 0 Å². The van der Waals surface area contributed by atoms with Crippen LogP contribution in [0.25, 0.3) is 0 Å². The largest absolute Gasteiger partial charge is 0.478 e. The van der Waals surface area contributed by atoms with E-state index in [1.165, 1.54) is 32.1 Å². The van der Waals surface area contributed by atoms with Gasteiger partial charge in [-0.2, -0.15) is 5.10 Å². The first-order valence-electron chi connectivity index (χ1n) is 7.81. The molecule has 1 aromatic heterocycles. The van der Waals surface area contributed by atoms with Crippen molar-refractivity contribution in [3.05, 3.63) is 17.0 Å². The highest BCUT2D eigenvalue weighted by Crippen LogP contribution is 2.60. The van der Waals surface area contributed by atoms with Gasteiger partial charge in [-0.3, -0.25) is 4.68 Å².